The van der Waals surface area contributed by atoms with Crippen molar-refractivity contribution in [3.63, 3.8) is 0 Å². The van der Waals surface area contributed by atoms with Crippen LogP contribution in [0.1, 0.15) is 16.2 Å². The monoisotopic (exact) mass is 244 g/mol. The van der Waals surface area contributed by atoms with Crippen molar-refractivity contribution in [1.29, 1.82) is 5.26 Å². The number of hydrogen-bond acceptors (Lipinski definition) is 7. The van der Waals surface area contributed by atoms with Crippen LogP contribution < -0.4 is 5.73 Å². The molecule has 2 N–H and O–H groups in total. The Bertz CT molecular complexity index is 642. The maximum absolute atomic E-state index is 11.2. The normalized spacial score (nSPS) is 9.78. The number of methoxy groups -OCH3 is 1. The van der Waals surface area contributed by atoms with E-state index in [-0.39, 0.29) is 22.9 Å². The molecule has 0 unspecified atom stereocenters. The van der Waals surface area contributed by atoms with Crippen LogP contribution >= 0.6 is 0 Å². The molecule has 0 bridgehead atoms. The van der Waals surface area contributed by atoms with Gasteiger partial charge in [0, 0.05) is 6.20 Å². The largest absolute Gasteiger partial charge is 0.463 e. The topological polar surface area (TPSA) is 120 Å². The summed E-state index contributed by atoms with van der Waals surface area (Å²) in [6, 6.07) is 3.41. The lowest BCUT2D eigenvalue weighted by molar-refractivity contribution is 0.0587. The number of esters is 1. The van der Waals surface area contributed by atoms with Crippen LogP contribution in [0.4, 0.5) is 5.69 Å². The number of ether oxygens (including phenoxy) is 1. The first-order valence-electron chi connectivity index (χ1n) is 4.82. The van der Waals surface area contributed by atoms with Crippen molar-refractivity contribution in [2.75, 3.05) is 12.8 Å². The average Bonchev–Trinajstić information content (AvgIpc) is 2.87. The first-order valence-corrected chi connectivity index (χ1v) is 4.82. The molecule has 0 aliphatic rings. The van der Waals surface area contributed by atoms with Gasteiger partial charge in [-0.2, -0.15) is 9.94 Å². The minimum atomic E-state index is -0.663. The van der Waals surface area contributed by atoms with Crippen LogP contribution in [0.2, 0.25) is 0 Å². The Balaban J connectivity index is 2.47. The molecule has 2 aromatic heterocycles. The zero-order chi connectivity index (χ0) is 13.1. The van der Waals surface area contributed by atoms with E-state index in [0.717, 1.165) is 0 Å². The summed E-state index contributed by atoms with van der Waals surface area (Å²) in [7, 11) is 1.23. The van der Waals surface area contributed by atoms with Crippen LogP contribution in [0.25, 0.3) is 5.82 Å². The van der Waals surface area contributed by atoms with Crippen molar-refractivity contribution in [1.82, 2.24) is 19.7 Å². The number of nitriles is 1. The summed E-state index contributed by atoms with van der Waals surface area (Å²) in [5.41, 5.74) is 6.20. The Hall–Kier alpha value is -2.95. The van der Waals surface area contributed by atoms with Gasteiger partial charge in [-0.25, -0.2) is 14.8 Å². The van der Waals surface area contributed by atoms with Gasteiger partial charge in [-0.15, -0.1) is 5.10 Å². The Morgan fingerprint density at radius 1 is 1.56 bits per heavy atom. The molecule has 0 spiro atoms. The number of hydrogen-bond donors (Lipinski definition) is 1. The standard InChI is InChI=1S/C10H8N6O2/c1-18-10(17)8-14-5-16(15-8)9-7(12)6(4-11)2-3-13-9/h2-3,5H,12H2,1H3. The van der Waals surface area contributed by atoms with E-state index in [1.807, 2.05) is 6.07 Å². The summed E-state index contributed by atoms with van der Waals surface area (Å²) < 4.78 is 5.69. The number of anilines is 1. The number of carbonyl (C=O) groups is 1. The highest BCUT2D eigenvalue weighted by atomic mass is 16.5. The predicted molar refractivity (Wildman–Crippen MR) is 59.6 cm³/mol. The third kappa shape index (κ3) is 1.84. The van der Waals surface area contributed by atoms with Crippen LogP contribution in [-0.4, -0.2) is 32.8 Å². The van der Waals surface area contributed by atoms with Crippen LogP contribution in [0.5, 0.6) is 0 Å². The summed E-state index contributed by atoms with van der Waals surface area (Å²) in [4.78, 5) is 18.9. The zero-order valence-corrected chi connectivity index (χ0v) is 9.36. The lowest BCUT2D eigenvalue weighted by Gasteiger charge is -2.04. The number of nitrogens with two attached hydrogens (primary N) is 1. The molecule has 0 aliphatic carbocycles. The van der Waals surface area contributed by atoms with Crippen molar-refractivity contribution < 1.29 is 9.53 Å². The van der Waals surface area contributed by atoms with E-state index < -0.39 is 5.97 Å². The number of aromatic nitrogens is 4. The van der Waals surface area contributed by atoms with Crippen molar-refractivity contribution in [3.05, 3.63) is 30.0 Å². The molecule has 0 aliphatic heterocycles. The summed E-state index contributed by atoms with van der Waals surface area (Å²) in [6.45, 7) is 0. The van der Waals surface area contributed by atoms with E-state index in [9.17, 15) is 4.79 Å². The summed E-state index contributed by atoms with van der Waals surface area (Å²) in [5, 5.41) is 12.7. The molecule has 0 radical (unpaired) electrons. The van der Waals surface area contributed by atoms with Gasteiger partial charge in [0.2, 0.25) is 0 Å². The minimum Gasteiger partial charge on any atom is -0.463 e. The van der Waals surface area contributed by atoms with Gasteiger partial charge in [-0.1, -0.05) is 0 Å². The summed E-state index contributed by atoms with van der Waals surface area (Å²) >= 11 is 0. The van der Waals surface area contributed by atoms with Gasteiger partial charge in [0.15, 0.2) is 5.82 Å². The van der Waals surface area contributed by atoms with Crippen molar-refractivity contribution >= 4 is 11.7 Å². The van der Waals surface area contributed by atoms with Crippen LogP contribution in [0.15, 0.2) is 18.6 Å². The maximum atomic E-state index is 11.2. The molecule has 2 rings (SSSR count). The van der Waals surface area contributed by atoms with E-state index in [4.69, 9.17) is 11.0 Å². The SMILES string of the molecule is COC(=O)c1ncn(-c2nccc(C#N)c2N)n1. The van der Waals surface area contributed by atoms with Gasteiger partial charge in [0.25, 0.3) is 5.82 Å². The van der Waals surface area contributed by atoms with Crippen LogP contribution in [0, 0.1) is 11.3 Å². The summed E-state index contributed by atoms with van der Waals surface area (Å²) in [6.07, 6.45) is 2.69. The highest BCUT2D eigenvalue weighted by Gasteiger charge is 2.14. The van der Waals surface area contributed by atoms with Gasteiger partial charge in [-0.3, -0.25) is 0 Å². The lowest BCUT2D eigenvalue weighted by Crippen LogP contribution is -2.08. The van der Waals surface area contributed by atoms with Crippen molar-refractivity contribution in [2.24, 2.45) is 0 Å². The van der Waals surface area contributed by atoms with Gasteiger partial charge in [0.05, 0.1) is 18.4 Å². The number of rotatable bonds is 2. The molecule has 0 saturated heterocycles. The van der Waals surface area contributed by atoms with Gasteiger partial charge in [-0.05, 0) is 6.07 Å². The molecule has 18 heavy (non-hydrogen) atoms. The lowest BCUT2D eigenvalue weighted by atomic mass is 10.2. The second-order valence-electron chi connectivity index (χ2n) is 3.21. The van der Waals surface area contributed by atoms with E-state index in [2.05, 4.69) is 19.8 Å². The van der Waals surface area contributed by atoms with Crippen molar-refractivity contribution in [3.8, 4) is 11.9 Å². The van der Waals surface area contributed by atoms with Gasteiger partial charge >= 0.3 is 5.97 Å². The molecule has 2 heterocycles. The fourth-order valence-electron chi connectivity index (χ4n) is 1.29. The van der Waals surface area contributed by atoms with E-state index in [1.165, 1.54) is 30.4 Å². The first-order chi connectivity index (χ1) is 8.67. The van der Waals surface area contributed by atoms with Crippen molar-refractivity contribution in [2.45, 2.75) is 0 Å². The molecule has 0 amide bonds. The highest BCUT2D eigenvalue weighted by molar-refractivity contribution is 5.84. The number of nitrogens with zero attached hydrogens (tertiary/aromatic N) is 5. The Morgan fingerprint density at radius 3 is 3.00 bits per heavy atom. The minimum absolute atomic E-state index is 0.110. The quantitative estimate of drug-likeness (QED) is 0.732. The number of nitrogen functional groups attached to an aromatic ring is 1. The molecule has 0 atom stereocenters. The molecule has 0 saturated carbocycles. The zero-order valence-electron chi connectivity index (χ0n) is 9.36. The number of carbonyl (C=O) groups excluding carboxylic acids is 1. The molecule has 2 aromatic rings. The molecule has 8 heteroatoms. The third-order valence-corrected chi connectivity index (χ3v) is 2.17. The molecular formula is C10H8N6O2. The van der Waals surface area contributed by atoms with Gasteiger partial charge in [0.1, 0.15) is 12.4 Å². The Morgan fingerprint density at radius 2 is 2.33 bits per heavy atom. The summed E-state index contributed by atoms with van der Waals surface area (Å²) in [5.74, 6) is -0.540. The predicted octanol–water partition coefficient (Wildman–Crippen LogP) is -0.0972. The van der Waals surface area contributed by atoms with Gasteiger partial charge < -0.3 is 10.5 Å². The molecule has 8 nitrogen and oxygen atoms in total. The Kier molecular flexibility index (Phi) is 2.89. The fraction of sp³-hybridized carbons (Fsp3) is 0.100. The second-order valence-corrected chi connectivity index (χ2v) is 3.21. The van der Waals surface area contributed by atoms with E-state index in [1.54, 1.807) is 0 Å². The Labute approximate surface area is 102 Å². The molecule has 0 aromatic carbocycles. The maximum Gasteiger partial charge on any atom is 0.377 e. The van der Waals surface area contributed by atoms with Crippen LogP contribution in [0.3, 0.4) is 0 Å². The second kappa shape index (κ2) is 4.50. The highest BCUT2D eigenvalue weighted by Crippen LogP contribution is 2.17. The fourth-order valence-corrected chi connectivity index (χ4v) is 1.29. The molecular weight excluding hydrogens is 236 g/mol. The van der Waals surface area contributed by atoms with E-state index in [0.29, 0.717) is 0 Å². The molecule has 90 valence electrons. The first kappa shape index (κ1) is 11.5. The van der Waals surface area contributed by atoms with E-state index >= 15 is 0 Å². The average molecular weight is 244 g/mol. The number of pyridine rings is 1. The van der Waals surface area contributed by atoms with Crippen LogP contribution in [-0.2, 0) is 4.74 Å². The molecule has 0 fully saturated rings. The third-order valence-electron chi connectivity index (χ3n) is 2.17. The smallest absolute Gasteiger partial charge is 0.377 e.